The van der Waals surface area contributed by atoms with Crippen LogP contribution in [0.3, 0.4) is 0 Å². The second kappa shape index (κ2) is 12.1. The highest BCUT2D eigenvalue weighted by Gasteiger charge is 2.21. The number of hydrogen-bond donors (Lipinski definition) is 1. The normalized spacial score (nSPS) is 17.8. The molecule has 0 bridgehead atoms. The minimum Gasteiger partial charge on any atom is -0.354 e. The van der Waals surface area contributed by atoms with Gasteiger partial charge in [-0.1, -0.05) is 6.92 Å². The summed E-state index contributed by atoms with van der Waals surface area (Å²) in [6.45, 7) is 11.9. The Labute approximate surface area is 208 Å². The average Bonchev–Trinajstić information content (AvgIpc) is 2.85. The molecule has 2 fully saturated rings. The van der Waals surface area contributed by atoms with E-state index < -0.39 is 0 Å². The molecule has 0 radical (unpaired) electrons. The molecule has 0 spiro atoms. The number of halogens is 1. The Balaban J connectivity index is 0.00000289. The lowest BCUT2D eigenvalue weighted by Crippen LogP contribution is -2.52. The molecule has 0 saturated carbocycles. The van der Waals surface area contributed by atoms with Crippen molar-refractivity contribution in [2.75, 3.05) is 75.8 Å². The van der Waals surface area contributed by atoms with Crippen molar-refractivity contribution in [3.05, 3.63) is 42.4 Å². The Morgan fingerprint density at radius 3 is 2.28 bits per heavy atom. The highest BCUT2D eigenvalue weighted by Crippen LogP contribution is 2.15. The SMILES string of the molecule is CCN1CCN(c2cc(CNC(=NC)N3CCN(c4ncccn4)CC3)ccn2)CC1.I. The van der Waals surface area contributed by atoms with Crippen LogP contribution in [0.15, 0.2) is 41.8 Å². The molecule has 174 valence electrons. The zero-order valence-corrected chi connectivity index (χ0v) is 21.4. The van der Waals surface area contributed by atoms with Crippen molar-refractivity contribution in [3.8, 4) is 0 Å². The minimum absolute atomic E-state index is 0. The summed E-state index contributed by atoms with van der Waals surface area (Å²) in [5, 5.41) is 3.53. The Morgan fingerprint density at radius 2 is 1.62 bits per heavy atom. The molecule has 9 nitrogen and oxygen atoms in total. The number of nitrogens with zero attached hydrogens (tertiary/aromatic N) is 8. The summed E-state index contributed by atoms with van der Waals surface area (Å²) in [7, 11) is 1.85. The van der Waals surface area contributed by atoms with Gasteiger partial charge in [0.2, 0.25) is 5.95 Å². The van der Waals surface area contributed by atoms with E-state index in [0.29, 0.717) is 0 Å². The molecule has 1 N–H and O–H groups in total. The molecule has 2 aliphatic rings. The molecular weight excluding hydrogens is 517 g/mol. The third-order valence-corrected chi connectivity index (χ3v) is 6.03. The highest BCUT2D eigenvalue weighted by molar-refractivity contribution is 14.0. The number of aromatic nitrogens is 3. The number of hydrogen-bond acceptors (Lipinski definition) is 7. The van der Waals surface area contributed by atoms with E-state index in [4.69, 9.17) is 0 Å². The summed E-state index contributed by atoms with van der Waals surface area (Å²) < 4.78 is 0. The van der Waals surface area contributed by atoms with E-state index >= 15 is 0 Å². The van der Waals surface area contributed by atoms with Crippen LogP contribution in [0.4, 0.5) is 11.8 Å². The second-order valence-electron chi connectivity index (χ2n) is 7.87. The van der Waals surface area contributed by atoms with Crippen molar-refractivity contribution in [1.82, 2.24) is 30.1 Å². The first-order valence-electron chi connectivity index (χ1n) is 11.2. The molecular formula is C22H34IN9. The maximum absolute atomic E-state index is 4.61. The summed E-state index contributed by atoms with van der Waals surface area (Å²) in [5.41, 5.74) is 1.22. The standard InChI is InChI=1S/C22H33N9.HI/c1-3-28-9-11-29(12-10-28)20-17-19(5-8-24-20)18-27-21(23-2)30-13-15-31(16-14-30)22-25-6-4-7-26-22;/h4-8,17H,3,9-16,18H2,1-2H3,(H,23,27);1H. The van der Waals surface area contributed by atoms with Crippen molar-refractivity contribution in [1.29, 1.82) is 0 Å². The fourth-order valence-electron chi connectivity index (χ4n) is 4.12. The van der Waals surface area contributed by atoms with Crippen LogP contribution in [0.1, 0.15) is 12.5 Å². The first-order chi connectivity index (χ1) is 15.3. The average molecular weight is 551 g/mol. The van der Waals surface area contributed by atoms with E-state index in [1.54, 1.807) is 12.4 Å². The lowest BCUT2D eigenvalue weighted by molar-refractivity contribution is 0.270. The number of piperazine rings is 2. The Bertz CT molecular complexity index is 847. The predicted molar refractivity (Wildman–Crippen MR) is 140 cm³/mol. The molecule has 0 amide bonds. The van der Waals surface area contributed by atoms with Gasteiger partial charge in [-0.25, -0.2) is 15.0 Å². The summed E-state index contributed by atoms with van der Waals surface area (Å²) in [4.78, 5) is 27.2. The van der Waals surface area contributed by atoms with Gasteiger partial charge >= 0.3 is 0 Å². The molecule has 2 saturated heterocycles. The molecule has 0 atom stereocenters. The molecule has 2 aromatic heterocycles. The van der Waals surface area contributed by atoms with Crippen LogP contribution >= 0.6 is 24.0 Å². The van der Waals surface area contributed by atoms with Crippen LogP contribution in [-0.2, 0) is 6.54 Å². The molecule has 0 aromatic carbocycles. The summed E-state index contributed by atoms with van der Waals surface area (Å²) in [6, 6.07) is 6.13. The summed E-state index contributed by atoms with van der Waals surface area (Å²) in [5.74, 6) is 2.80. The Hall–Kier alpha value is -2.21. The molecule has 10 heteroatoms. The van der Waals surface area contributed by atoms with Crippen LogP contribution in [-0.4, -0.2) is 96.7 Å². The lowest BCUT2D eigenvalue weighted by Gasteiger charge is -2.36. The van der Waals surface area contributed by atoms with Gasteiger partial charge in [-0.05, 0) is 30.3 Å². The van der Waals surface area contributed by atoms with Crippen LogP contribution in [0.25, 0.3) is 0 Å². The third-order valence-electron chi connectivity index (χ3n) is 6.03. The van der Waals surface area contributed by atoms with Gasteiger partial charge in [0.05, 0.1) is 0 Å². The van der Waals surface area contributed by atoms with Gasteiger partial charge in [0.1, 0.15) is 5.82 Å². The molecule has 32 heavy (non-hydrogen) atoms. The van der Waals surface area contributed by atoms with Crippen LogP contribution in [0.5, 0.6) is 0 Å². The quantitative estimate of drug-likeness (QED) is 0.341. The largest absolute Gasteiger partial charge is 0.354 e. The predicted octanol–water partition coefficient (Wildman–Crippen LogP) is 1.53. The highest BCUT2D eigenvalue weighted by atomic mass is 127. The van der Waals surface area contributed by atoms with E-state index in [1.165, 1.54) is 5.56 Å². The van der Waals surface area contributed by atoms with Gasteiger partial charge in [-0.2, -0.15) is 0 Å². The maximum Gasteiger partial charge on any atom is 0.225 e. The zero-order valence-electron chi connectivity index (χ0n) is 19.0. The van der Waals surface area contributed by atoms with Gasteiger partial charge in [-0.3, -0.25) is 4.99 Å². The number of anilines is 2. The van der Waals surface area contributed by atoms with Gasteiger partial charge < -0.3 is 24.9 Å². The van der Waals surface area contributed by atoms with E-state index in [9.17, 15) is 0 Å². The van der Waals surface area contributed by atoms with Crippen molar-refractivity contribution < 1.29 is 0 Å². The maximum atomic E-state index is 4.61. The first kappa shape index (κ1) is 24.4. The van der Waals surface area contributed by atoms with Crippen LogP contribution in [0.2, 0.25) is 0 Å². The van der Waals surface area contributed by atoms with E-state index in [0.717, 1.165) is 83.2 Å². The Kier molecular flexibility index (Phi) is 9.27. The number of pyridine rings is 1. The number of guanidine groups is 1. The molecule has 0 aliphatic carbocycles. The molecule has 2 aromatic rings. The van der Waals surface area contributed by atoms with Gasteiger partial charge in [0.15, 0.2) is 5.96 Å². The molecule has 4 rings (SSSR count). The monoisotopic (exact) mass is 551 g/mol. The van der Waals surface area contributed by atoms with Crippen molar-refractivity contribution in [3.63, 3.8) is 0 Å². The smallest absolute Gasteiger partial charge is 0.225 e. The third kappa shape index (κ3) is 6.18. The van der Waals surface area contributed by atoms with E-state index in [1.807, 2.05) is 19.3 Å². The van der Waals surface area contributed by atoms with Crippen LogP contribution < -0.4 is 15.1 Å². The fourth-order valence-corrected chi connectivity index (χ4v) is 4.12. The Morgan fingerprint density at radius 1 is 0.938 bits per heavy atom. The topological polar surface area (TPSA) is 76.0 Å². The van der Waals surface area contributed by atoms with Gasteiger partial charge in [0, 0.05) is 84.5 Å². The van der Waals surface area contributed by atoms with E-state index in [2.05, 4.69) is 63.9 Å². The second-order valence-corrected chi connectivity index (χ2v) is 7.87. The van der Waals surface area contributed by atoms with Crippen molar-refractivity contribution in [2.45, 2.75) is 13.5 Å². The number of nitrogens with one attached hydrogen (secondary N) is 1. The zero-order chi connectivity index (χ0) is 21.5. The lowest BCUT2D eigenvalue weighted by atomic mass is 10.2. The number of likely N-dealkylation sites (N-methyl/N-ethyl adjacent to an activating group) is 1. The van der Waals surface area contributed by atoms with Gasteiger partial charge in [-0.15, -0.1) is 24.0 Å². The molecule has 0 unspecified atom stereocenters. The van der Waals surface area contributed by atoms with Crippen LogP contribution in [0, 0.1) is 0 Å². The summed E-state index contributed by atoms with van der Waals surface area (Å²) in [6.07, 6.45) is 5.50. The summed E-state index contributed by atoms with van der Waals surface area (Å²) >= 11 is 0. The number of rotatable bonds is 5. The van der Waals surface area contributed by atoms with Crippen molar-refractivity contribution in [2.24, 2.45) is 4.99 Å². The number of aliphatic imine (C=N–C) groups is 1. The first-order valence-corrected chi connectivity index (χ1v) is 11.2. The van der Waals surface area contributed by atoms with Crippen molar-refractivity contribution >= 4 is 41.7 Å². The molecule has 2 aliphatic heterocycles. The fraction of sp³-hybridized carbons (Fsp3) is 0.545. The van der Waals surface area contributed by atoms with Gasteiger partial charge in [0.25, 0.3) is 0 Å². The van der Waals surface area contributed by atoms with E-state index in [-0.39, 0.29) is 24.0 Å². The minimum atomic E-state index is 0. The molecule has 4 heterocycles.